The molecule has 1 aromatic rings. The summed E-state index contributed by atoms with van der Waals surface area (Å²) in [4.78, 5) is 35.7. The lowest BCUT2D eigenvalue weighted by Gasteiger charge is -2.32. The van der Waals surface area contributed by atoms with Crippen molar-refractivity contribution in [1.82, 2.24) is 4.90 Å². The number of nitro groups is 1. The van der Waals surface area contributed by atoms with Gasteiger partial charge in [-0.1, -0.05) is 6.42 Å². The number of nitrogens with zero attached hydrogens (tertiary/aromatic N) is 2. The summed E-state index contributed by atoms with van der Waals surface area (Å²) in [6.45, 7) is 2.52. The molecule has 1 atom stereocenters. The van der Waals surface area contributed by atoms with E-state index in [1.165, 1.54) is 18.2 Å². The van der Waals surface area contributed by atoms with Crippen LogP contribution in [0.25, 0.3) is 0 Å². The van der Waals surface area contributed by atoms with Crippen molar-refractivity contribution in [2.24, 2.45) is 0 Å². The lowest BCUT2D eigenvalue weighted by atomic mass is 10.0. The molecule has 136 valence electrons. The largest absolute Gasteiger partial charge is 0.494 e. The lowest BCUT2D eigenvalue weighted by molar-refractivity contribution is -0.384. The number of piperidine rings is 1. The van der Waals surface area contributed by atoms with E-state index in [0.29, 0.717) is 25.3 Å². The number of carboxylic acids is 1. The summed E-state index contributed by atoms with van der Waals surface area (Å²) in [5.74, 6) is -1.10. The number of ether oxygens (including phenoxy) is 1. The average Bonchev–Trinajstić information content (AvgIpc) is 2.56. The fourth-order valence-electron chi connectivity index (χ4n) is 2.86. The maximum atomic E-state index is 12.2. The first-order chi connectivity index (χ1) is 11.9. The SMILES string of the molecule is CCOc1ccc(NC(=O)CN2CCCCC2C(=O)O)c([N+](=O)[O-])c1. The zero-order chi connectivity index (χ0) is 18.4. The van der Waals surface area contributed by atoms with Crippen molar-refractivity contribution in [3.63, 3.8) is 0 Å². The van der Waals surface area contributed by atoms with Crippen LogP contribution in [-0.4, -0.2) is 52.5 Å². The van der Waals surface area contributed by atoms with Crippen LogP contribution >= 0.6 is 0 Å². The van der Waals surface area contributed by atoms with Crippen LogP contribution in [-0.2, 0) is 9.59 Å². The van der Waals surface area contributed by atoms with Crippen LogP contribution in [0.1, 0.15) is 26.2 Å². The number of amides is 1. The summed E-state index contributed by atoms with van der Waals surface area (Å²) in [5, 5.41) is 22.9. The smallest absolute Gasteiger partial charge is 0.320 e. The van der Waals surface area contributed by atoms with Crippen LogP contribution in [0.2, 0.25) is 0 Å². The molecule has 1 aliphatic heterocycles. The van der Waals surface area contributed by atoms with Gasteiger partial charge in [0.05, 0.1) is 24.1 Å². The number of carboxylic acid groups (broad SMARTS) is 1. The van der Waals surface area contributed by atoms with E-state index in [1.54, 1.807) is 11.8 Å². The van der Waals surface area contributed by atoms with Crippen molar-refractivity contribution in [2.75, 3.05) is 25.0 Å². The van der Waals surface area contributed by atoms with E-state index in [1.807, 2.05) is 0 Å². The van der Waals surface area contributed by atoms with Gasteiger partial charge in [0.25, 0.3) is 5.69 Å². The van der Waals surface area contributed by atoms with Gasteiger partial charge in [0, 0.05) is 0 Å². The van der Waals surface area contributed by atoms with E-state index in [9.17, 15) is 24.8 Å². The van der Waals surface area contributed by atoms with Crippen molar-refractivity contribution in [3.8, 4) is 5.75 Å². The molecule has 2 rings (SSSR count). The Balaban J connectivity index is 2.09. The summed E-state index contributed by atoms with van der Waals surface area (Å²) >= 11 is 0. The van der Waals surface area contributed by atoms with Gasteiger partial charge >= 0.3 is 5.97 Å². The second-order valence-electron chi connectivity index (χ2n) is 5.74. The van der Waals surface area contributed by atoms with E-state index in [4.69, 9.17) is 4.74 Å². The Bertz CT molecular complexity index is 663. The van der Waals surface area contributed by atoms with Crippen molar-refractivity contribution < 1.29 is 24.4 Å². The Morgan fingerprint density at radius 2 is 2.20 bits per heavy atom. The van der Waals surface area contributed by atoms with E-state index < -0.39 is 22.8 Å². The Kier molecular flexibility index (Phi) is 6.29. The maximum absolute atomic E-state index is 12.2. The van der Waals surface area contributed by atoms with E-state index in [2.05, 4.69) is 5.32 Å². The molecule has 0 radical (unpaired) electrons. The number of rotatable bonds is 7. The normalized spacial score (nSPS) is 17.7. The molecule has 1 saturated heterocycles. The molecule has 25 heavy (non-hydrogen) atoms. The van der Waals surface area contributed by atoms with Crippen LogP contribution in [0.4, 0.5) is 11.4 Å². The van der Waals surface area contributed by atoms with Gasteiger partial charge in [0.2, 0.25) is 5.91 Å². The van der Waals surface area contributed by atoms with Crippen molar-refractivity contribution in [1.29, 1.82) is 0 Å². The first kappa shape index (κ1) is 18.7. The highest BCUT2D eigenvalue weighted by Crippen LogP contribution is 2.29. The average molecular weight is 351 g/mol. The number of nitrogens with one attached hydrogen (secondary N) is 1. The molecule has 0 aromatic heterocycles. The van der Waals surface area contributed by atoms with E-state index in [-0.39, 0.29) is 17.9 Å². The first-order valence-electron chi connectivity index (χ1n) is 8.10. The number of hydrogen-bond acceptors (Lipinski definition) is 6. The van der Waals surface area contributed by atoms with Crippen LogP contribution in [0.3, 0.4) is 0 Å². The predicted molar refractivity (Wildman–Crippen MR) is 89.7 cm³/mol. The molecule has 0 saturated carbocycles. The van der Waals surface area contributed by atoms with Gasteiger partial charge in [-0.05, 0) is 38.4 Å². The van der Waals surface area contributed by atoms with E-state index in [0.717, 1.165) is 12.8 Å². The summed E-state index contributed by atoms with van der Waals surface area (Å²) in [6, 6.07) is 3.49. The van der Waals surface area contributed by atoms with Gasteiger partial charge in [0.15, 0.2) is 0 Å². The minimum atomic E-state index is -0.959. The molecule has 1 aromatic carbocycles. The fourth-order valence-corrected chi connectivity index (χ4v) is 2.86. The summed E-state index contributed by atoms with van der Waals surface area (Å²) < 4.78 is 5.23. The second kappa shape index (κ2) is 8.43. The van der Waals surface area contributed by atoms with Gasteiger partial charge in [0.1, 0.15) is 17.5 Å². The van der Waals surface area contributed by atoms with Crippen LogP contribution in [0.5, 0.6) is 5.75 Å². The molecule has 1 amide bonds. The number of hydrogen-bond donors (Lipinski definition) is 2. The second-order valence-corrected chi connectivity index (χ2v) is 5.74. The zero-order valence-electron chi connectivity index (χ0n) is 13.9. The number of aliphatic carboxylic acids is 1. The summed E-state index contributed by atoms with van der Waals surface area (Å²) in [6.07, 6.45) is 2.12. The molecule has 9 heteroatoms. The number of anilines is 1. The van der Waals surface area contributed by atoms with Crippen molar-refractivity contribution in [2.45, 2.75) is 32.2 Å². The Morgan fingerprint density at radius 3 is 2.84 bits per heavy atom. The molecule has 1 aliphatic rings. The molecule has 1 fully saturated rings. The number of carbonyl (C=O) groups is 2. The highest BCUT2D eigenvalue weighted by Gasteiger charge is 2.30. The minimum Gasteiger partial charge on any atom is -0.494 e. The molecule has 0 bridgehead atoms. The molecule has 9 nitrogen and oxygen atoms in total. The molecule has 1 heterocycles. The maximum Gasteiger partial charge on any atom is 0.320 e. The standard InChI is InChI=1S/C16H21N3O6/c1-2-25-11-6-7-12(14(9-11)19(23)24)17-15(20)10-18-8-4-3-5-13(18)16(21)22/h6-7,9,13H,2-5,8,10H2,1H3,(H,17,20)(H,21,22). The molecule has 2 N–H and O–H groups in total. The minimum absolute atomic E-state index is 0.0577. The Labute approximate surface area is 144 Å². The lowest BCUT2D eigenvalue weighted by Crippen LogP contribution is -2.47. The van der Waals surface area contributed by atoms with Gasteiger partial charge in [-0.15, -0.1) is 0 Å². The monoisotopic (exact) mass is 351 g/mol. The highest BCUT2D eigenvalue weighted by molar-refractivity contribution is 5.95. The molecular formula is C16H21N3O6. The Morgan fingerprint density at radius 1 is 1.44 bits per heavy atom. The van der Waals surface area contributed by atoms with Crippen LogP contribution in [0.15, 0.2) is 18.2 Å². The Hall–Kier alpha value is -2.68. The first-order valence-corrected chi connectivity index (χ1v) is 8.10. The fraction of sp³-hybridized carbons (Fsp3) is 0.500. The van der Waals surface area contributed by atoms with Crippen molar-refractivity contribution in [3.05, 3.63) is 28.3 Å². The number of nitro benzene ring substituents is 1. The molecule has 0 aliphatic carbocycles. The zero-order valence-corrected chi connectivity index (χ0v) is 13.9. The number of carbonyl (C=O) groups excluding carboxylic acids is 1. The molecular weight excluding hydrogens is 330 g/mol. The number of benzene rings is 1. The third-order valence-electron chi connectivity index (χ3n) is 4.00. The highest BCUT2D eigenvalue weighted by atomic mass is 16.6. The van der Waals surface area contributed by atoms with Gasteiger partial charge < -0.3 is 15.2 Å². The third-order valence-corrected chi connectivity index (χ3v) is 4.00. The summed E-state index contributed by atoms with van der Waals surface area (Å²) in [7, 11) is 0. The predicted octanol–water partition coefficient (Wildman–Crippen LogP) is 1.87. The van der Waals surface area contributed by atoms with Crippen molar-refractivity contribution >= 4 is 23.3 Å². The quantitative estimate of drug-likeness (QED) is 0.568. The molecule has 0 spiro atoms. The van der Waals surface area contributed by atoms with Gasteiger partial charge in [-0.2, -0.15) is 0 Å². The van der Waals surface area contributed by atoms with Gasteiger partial charge in [-0.25, -0.2) is 0 Å². The van der Waals surface area contributed by atoms with E-state index >= 15 is 0 Å². The molecule has 1 unspecified atom stereocenters. The van der Waals surface area contributed by atoms with Crippen LogP contribution in [0, 0.1) is 10.1 Å². The van der Waals surface area contributed by atoms with Gasteiger partial charge in [-0.3, -0.25) is 24.6 Å². The van der Waals surface area contributed by atoms with Crippen LogP contribution < -0.4 is 10.1 Å². The third kappa shape index (κ3) is 4.90. The number of likely N-dealkylation sites (tertiary alicyclic amines) is 1. The topological polar surface area (TPSA) is 122 Å². The summed E-state index contributed by atoms with van der Waals surface area (Å²) in [5.41, 5.74) is -0.213.